The number of benzene rings is 1. The molecular weight excluding hydrogens is 335 g/mol. The molecule has 0 radical (unpaired) electrons. The molecule has 0 atom stereocenters. The third-order valence-electron chi connectivity index (χ3n) is 2.40. The van der Waals surface area contributed by atoms with Crippen LogP contribution in [0.2, 0.25) is 0 Å². The summed E-state index contributed by atoms with van der Waals surface area (Å²) in [5.41, 5.74) is -0.902. The molecule has 0 fully saturated rings. The second-order valence-corrected chi connectivity index (χ2v) is 4.79. The van der Waals surface area contributed by atoms with Crippen molar-refractivity contribution in [2.75, 3.05) is 5.32 Å². The molecule has 0 saturated heterocycles. The molecule has 0 aliphatic carbocycles. The minimum absolute atomic E-state index is 0.0850. The summed E-state index contributed by atoms with van der Waals surface area (Å²) in [4.78, 5) is 22.0. The van der Waals surface area contributed by atoms with Gasteiger partial charge < -0.3 is 5.32 Å². The maximum Gasteiger partial charge on any atom is 0.320 e. The number of rotatable bonds is 3. The quantitative estimate of drug-likeness (QED) is 0.685. The Morgan fingerprint density at radius 1 is 1.55 bits per heavy atom. The Kier molecular flexibility index (Phi) is 3.79. The number of nitrogens with zero attached hydrogens (tertiary/aromatic N) is 3. The summed E-state index contributed by atoms with van der Waals surface area (Å²) in [5.74, 6) is -1.51. The van der Waals surface area contributed by atoms with Crippen LogP contribution >= 0.6 is 15.9 Å². The third kappa shape index (κ3) is 2.82. The number of aromatic nitrogens is 2. The number of carbonyl (C=O) groups is 1. The minimum atomic E-state index is -0.849. The smallest absolute Gasteiger partial charge is 0.318 e. The van der Waals surface area contributed by atoms with Gasteiger partial charge >= 0.3 is 5.69 Å². The second kappa shape index (κ2) is 5.37. The van der Waals surface area contributed by atoms with Crippen LogP contribution in [-0.2, 0) is 7.05 Å². The second-order valence-electron chi connectivity index (χ2n) is 3.87. The number of nitro groups is 1. The number of nitrogens with one attached hydrogen (secondary N) is 1. The molecule has 0 aliphatic heterocycles. The Labute approximate surface area is 120 Å². The first-order chi connectivity index (χ1) is 9.38. The van der Waals surface area contributed by atoms with Gasteiger partial charge in [-0.1, -0.05) is 15.9 Å². The predicted molar refractivity (Wildman–Crippen MR) is 71.9 cm³/mol. The molecule has 1 aromatic carbocycles. The first-order valence-electron chi connectivity index (χ1n) is 5.33. The van der Waals surface area contributed by atoms with Gasteiger partial charge in [0.05, 0.1) is 10.6 Å². The van der Waals surface area contributed by atoms with Crippen molar-refractivity contribution < 1.29 is 14.1 Å². The zero-order chi connectivity index (χ0) is 14.9. The zero-order valence-electron chi connectivity index (χ0n) is 10.1. The van der Waals surface area contributed by atoms with Crippen molar-refractivity contribution in [2.45, 2.75) is 0 Å². The Morgan fingerprint density at radius 2 is 2.25 bits per heavy atom. The molecule has 1 heterocycles. The van der Waals surface area contributed by atoms with Crippen molar-refractivity contribution in [2.24, 2.45) is 7.05 Å². The predicted octanol–water partition coefficient (Wildman–Crippen LogP) is 2.48. The van der Waals surface area contributed by atoms with E-state index in [1.165, 1.54) is 25.2 Å². The van der Waals surface area contributed by atoms with Crippen LogP contribution in [0.1, 0.15) is 10.5 Å². The van der Waals surface area contributed by atoms with Gasteiger partial charge in [-0.3, -0.25) is 19.6 Å². The van der Waals surface area contributed by atoms with Gasteiger partial charge in [0.1, 0.15) is 12.0 Å². The van der Waals surface area contributed by atoms with Gasteiger partial charge in [0.2, 0.25) is 5.69 Å². The minimum Gasteiger partial charge on any atom is -0.318 e. The topological polar surface area (TPSA) is 90.1 Å². The van der Waals surface area contributed by atoms with Crippen LogP contribution in [0.5, 0.6) is 0 Å². The first kappa shape index (κ1) is 14.1. The lowest BCUT2D eigenvalue weighted by molar-refractivity contribution is -0.385. The molecule has 9 heteroatoms. The molecular formula is C11H8BrFN4O3. The van der Waals surface area contributed by atoms with E-state index < -0.39 is 22.3 Å². The van der Waals surface area contributed by atoms with Gasteiger partial charge in [0, 0.05) is 11.5 Å². The number of carbonyl (C=O) groups excluding carboxylic acids is 1. The molecule has 2 aromatic rings. The summed E-state index contributed by atoms with van der Waals surface area (Å²) in [7, 11) is 1.45. The van der Waals surface area contributed by atoms with E-state index in [-0.39, 0.29) is 11.4 Å². The average molecular weight is 343 g/mol. The number of hydrogen-bond acceptors (Lipinski definition) is 4. The van der Waals surface area contributed by atoms with Gasteiger partial charge in [-0.05, 0) is 18.2 Å². The van der Waals surface area contributed by atoms with E-state index in [4.69, 9.17) is 0 Å². The van der Waals surface area contributed by atoms with Crippen molar-refractivity contribution in [3.8, 4) is 0 Å². The fraction of sp³-hybridized carbons (Fsp3) is 0.0909. The van der Waals surface area contributed by atoms with E-state index in [9.17, 15) is 19.3 Å². The van der Waals surface area contributed by atoms with Crippen molar-refractivity contribution in [1.82, 2.24) is 9.78 Å². The summed E-state index contributed by atoms with van der Waals surface area (Å²) in [5, 5.41) is 16.7. The van der Waals surface area contributed by atoms with Gasteiger partial charge in [0.15, 0.2) is 0 Å². The molecule has 1 amide bonds. The summed E-state index contributed by atoms with van der Waals surface area (Å²) < 4.78 is 15.2. The lowest BCUT2D eigenvalue weighted by Gasteiger charge is -2.04. The van der Waals surface area contributed by atoms with Gasteiger partial charge in [-0.2, -0.15) is 5.10 Å². The number of aryl methyl sites for hydroxylation is 1. The van der Waals surface area contributed by atoms with Gasteiger partial charge in [0.25, 0.3) is 5.91 Å². The highest BCUT2D eigenvalue weighted by Gasteiger charge is 2.25. The fourth-order valence-corrected chi connectivity index (χ4v) is 1.88. The van der Waals surface area contributed by atoms with Crippen molar-refractivity contribution in [1.29, 1.82) is 0 Å². The highest BCUT2D eigenvalue weighted by atomic mass is 79.9. The molecule has 0 bridgehead atoms. The molecule has 104 valence electrons. The largest absolute Gasteiger partial charge is 0.320 e. The maximum absolute atomic E-state index is 13.6. The first-order valence-corrected chi connectivity index (χ1v) is 6.12. The number of hydrogen-bond donors (Lipinski definition) is 1. The molecule has 1 N–H and O–H groups in total. The zero-order valence-corrected chi connectivity index (χ0v) is 11.7. The van der Waals surface area contributed by atoms with Crippen LogP contribution in [0.3, 0.4) is 0 Å². The van der Waals surface area contributed by atoms with E-state index in [1.54, 1.807) is 0 Å². The van der Waals surface area contributed by atoms with Gasteiger partial charge in [-0.25, -0.2) is 4.39 Å². The summed E-state index contributed by atoms with van der Waals surface area (Å²) in [6.45, 7) is 0. The number of amides is 1. The van der Waals surface area contributed by atoms with Crippen LogP contribution in [0.15, 0.2) is 28.9 Å². The van der Waals surface area contributed by atoms with E-state index >= 15 is 0 Å². The maximum atomic E-state index is 13.6. The van der Waals surface area contributed by atoms with Crippen LogP contribution < -0.4 is 5.32 Å². The Morgan fingerprint density at radius 3 is 2.85 bits per heavy atom. The molecule has 0 unspecified atom stereocenters. The Bertz CT molecular complexity index is 701. The molecule has 20 heavy (non-hydrogen) atoms. The number of halogens is 2. The van der Waals surface area contributed by atoms with E-state index in [1.807, 2.05) is 0 Å². The highest BCUT2D eigenvalue weighted by molar-refractivity contribution is 9.10. The van der Waals surface area contributed by atoms with Crippen molar-refractivity contribution in [3.05, 3.63) is 50.5 Å². The fourth-order valence-electron chi connectivity index (χ4n) is 1.54. The molecule has 0 aliphatic rings. The molecule has 7 nitrogen and oxygen atoms in total. The summed E-state index contributed by atoms with van der Waals surface area (Å²) >= 11 is 3.08. The summed E-state index contributed by atoms with van der Waals surface area (Å²) in [6, 6.07) is 4.04. The lowest BCUT2D eigenvalue weighted by atomic mass is 10.3. The van der Waals surface area contributed by atoms with Gasteiger partial charge in [-0.15, -0.1) is 0 Å². The number of anilines is 1. The van der Waals surface area contributed by atoms with Crippen molar-refractivity contribution in [3.63, 3.8) is 0 Å². The molecule has 2 rings (SSSR count). The van der Waals surface area contributed by atoms with E-state index in [2.05, 4.69) is 26.3 Å². The normalized spacial score (nSPS) is 10.3. The summed E-state index contributed by atoms with van der Waals surface area (Å²) in [6.07, 6.45) is 1.10. The Hall–Kier alpha value is -2.29. The van der Waals surface area contributed by atoms with Crippen LogP contribution in [0.25, 0.3) is 0 Å². The molecule has 1 aromatic heterocycles. The van der Waals surface area contributed by atoms with E-state index in [0.717, 1.165) is 10.9 Å². The van der Waals surface area contributed by atoms with Crippen molar-refractivity contribution >= 4 is 33.2 Å². The molecule has 0 spiro atoms. The van der Waals surface area contributed by atoms with Crippen LogP contribution in [-0.4, -0.2) is 20.6 Å². The highest BCUT2D eigenvalue weighted by Crippen LogP contribution is 2.22. The van der Waals surface area contributed by atoms with Crippen LogP contribution in [0, 0.1) is 15.9 Å². The average Bonchev–Trinajstić information content (AvgIpc) is 2.75. The molecule has 0 saturated carbocycles. The lowest BCUT2D eigenvalue weighted by Crippen LogP contribution is -2.15. The van der Waals surface area contributed by atoms with Crippen LogP contribution in [0.4, 0.5) is 15.8 Å². The third-order valence-corrected chi connectivity index (χ3v) is 2.89. The standard InChI is InChI=1S/C11H8BrFN4O3/c1-16-5-9(17(19)20)10(15-16)11(18)14-8-3-2-6(12)4-7(8)13/h2-5H,1H3,(H,14,18). The monoisotopic (exact) mass is 342 g/mol. The van der Waals surface area contributed by atoms with E-state index in [0.29, 0.717) is 4.47 Å². The SMILES string of the molecule is Cn1cc([N+](=O)[O-])c(C(=O)Nc2ccc(Br)cc2F)n1. The Balaban J connectivity index is 2.31.